The van der Waals surface area contributed by atoms with Crippen molar-refractivity contribution in [2.75, 3.05) is 0 Å². The van der Waals surface area contributed by atoms with Gasteiger partial charge in [-0.2, -0.15) is 0 Å². The maximum atomic E-state index is 11.7. The van der Waals surface area contributed by atoms with Gasteiger partial charge in [-0.1, -0.05) is 20.8 Å². The molecule has 1 aliphatic heterocycles. The number of carboxylic acid groups (broad SMARTS) is 1. The first kappa shape index (κ1) is 20.8. The molecule has 0 amide bonds. The molecule has 5 N–H and O–H groups in total. The highest BCUT2D eigenvalue weighted by molar-refractivity contribution is 5.78. The van der Waals surface area contributed by atoms with E-state index in [0.29, 0.717) is 6.42 Å². The summed E-state index contributed by atoms with van der Waals surface area (Å²) in [5.74, 6) is 0.420. The minimum Gasteiger partial charge on any atom is -0.491 e. The minimum absolute atomic E-state index is 0.00484. The van der Waals surface area contributed by atoms with Gasteiger partial charge in [0.15, 0.2) is 5.60 Å². The summed E-state index contributed by atoms with van der Waals surface area (Å²) in [5.41, 5.74) is 4.06. The summed E-state index contributed by atoms with van der Waals surface area (Å²) in [7, 11) is 0. The highest BCUT2D eigenvalue weighted by Crippen LogP contribution is 2.29. The molecule has 1 heterocycles. The molecule has 0 aromatic rings. The van der Waals surface area contributed by atoms with E-state index in [4.69, 9.17) is 10.5 Å². The molecule has 6 nitrogen and oxygen atoms in total. The maximum absolute atomic E-state index is 11.7. The van der Waals surface area contributed by atoms with Crippen LogP contribution in [0.1, 0.15) is 59.3 Å². The molecule has 1 aliphatic carbocycles. The van der Waals surface area contributed by atoms with Crippen LogP contribution in [0.5, 0.6) is 0 Å². The van der Waals surface area contributed by atoms with Crippen LogP contribution in [0.2, 0.25) is 0 Å². The van der Waals surface area contributed by atoms with E-state index >= 15 is 0 Å². The largest absolute Gasteiger partial charge is 0.491 e. The summed E-state index contributed by atoms with van der Waals surface area (Å²) in [6.07, 6.45) is 10.5. The van der Waals surface area contributed by atoms with Gasteiger partial charge in [0.05, 0.1) is 12.1 Å². The zero-order chi connectivity index (χ0) is 19.3. The number of allylic oxidation sites excluding steroid dienone is 1. The number of nitrogens with two attached hydrogens (primary N) is 1. The second-order valence-electron chi connectivity index (χ2n) is 8.34. The first-order valence-corrected chi connectivity index (χ1v) is 9.73. The highest BCUT2D eigenvalue weighted by atomic mass is 16.5. The number of dihydropyridines is 1. The average molecular weight is 367 g/mol. The van der Waals surface area contributed by atoms with E-state index in [-0.39, 0.29) is 24.5 Å². The third-order valence-corrected chi connectivity index (χ3v) is 5.43. The SMILES string of the molecule is CC(C)C[C@@H](N)[C@](O)(CC1C=C(O[C@H]2CC[C@H](C)CC2)C=CN1)C(=O)O. The van der Waals surface area contributed by atoms with Crippen LogP contribution in [0.15, 0.2) is 24.1 Å². The quantitative estimate of drug-likeness (QED) is 0.526. The number of carbonyl (C=O) groups is 1. The molecule has 3 atom stereocenters. The molecule has 0 saturated heterocycles. The topological polar surface area (TPSA) is 105 Å². The fourth-order valence-corrected chi connectivity index (χ4v) is 3.73. The molecule has 0 bridgehead atoms. The monoisotopic (exact) mass is 366 g/mol. The van der Waals surface area contributed by atoms with Crippen molar-refractivity contribution in [2.45, 2.75) is 83.1 Å². The number of aliphatic carboxylic acids is 1. The van der Waals surface area contributed by atoms with Crippen molar-refractivity contribution >= 4 is 5.97 Å². The first-order valence-electron chi connectivity index (χ1n) is 9.73. The summed E-state index contributed by atoms with van der Waals surface area (Å²) in [5, 5.41) is 23.4. The minimum atomic E-state index is -1.98. The molecule has 26 heavy (non-hydrogen) atoms. The van der Waals surface area contributed by atoms with Gasteiger partial charge in [0.2, 0.25) is 0 Å². The predicted molar refractivity (Wildman–Crippen MR) is 101 cm³/mol. The van der Waals surface area contributed by atoms with Gasteiger partial charge >= 0.3 is 5.97 Å². The van der Waals surface area contributed by atoms with Gasteiger partial charge in [-0.3, -0.25) is 0 Å². The standard InChI is InChI=1S/C20H34N2O4/c1-13(2)10-18(21)20(25,19(23)24)12-15-11-17(8-9-22-15)26-16-6-4-14(3)5-7-16/h8-9,11,13-16,18,22,25H,4-7,10,12,21H2,1-3H3,(H,23,24)/t14-,15?,16-,18-,20-/m1/s1. The summed E-state index contributed by atoms with van der Waals surface area (Å²) in [6, 6.07) is -1.16. The molecule has 1 saturated carbocycles. The van der Waals surface area contributed by atoms with Crippen LogP contribution in [0, 0.1) is 11.8 Å². The van der Waals surface area contributed by atoms with Gasteiger partial charge in [-0.05, 0) is 56.1 Å². The van der Waals surface area contributed by atoms with E-state index in [2.05, 4.69) is 12.2 Å². The third-order valence-electron chi connectivity index (χ3n) is 5.43. The number of carboxylic acids is 1. The van der Waals surface area contributed by atoms with Crippen molar-refractivity contribution in [3.63, 3.8) is 0 Å². The van der Waals surface area contributed by atoms with Gasteiger partial charge in [0.1, 0.15) is 5.76 Å². The molecule has 0 aromatic heterocycles. The van der Waals surface area contributed by atoms with Crippen molar-refractivity contribution in [3.05, 3.63) is 24.1 Å². The van der Waals surface area contributed by atoms with Crippen molar-refractivity contribution < 1.29 is 19.7 Å². The molecule has 0 radical (unpaired) electrons. The number of aliphatic hydroxyl groups is 1. The van der Waals surface area contributed by atoms with E-state index in [1.807, 2.05) is 26.0 Å². The van der Waals surface area contributed by atoms with Crippen LogP contribution in [-0.2, 0) is 9.53 Å². The summed E-state index contributed by atoms with van der Waals surface area (Å²) in [6.45, 7) is 6.18. The summed E-state index contributed by atoms with van der Waals surface area (Å²) in [4.78, 5) is 11.7. The van der Waals surface area contributed by atoms with E-state index in [9.17, 15) is 15.0 Å². The molecule has 1 fully saturated rings. The normalized spacial score (nSPS) is 29.5. The Labute approximate surface area is 156 Å². The molecule has 1 unspecified atom stereocenters. The van der Waals surface area contributed by atoms with Crippen molar-refractivity contribution in [1.29, 1.82) is 0 Å². The Hall–Kier alpha value is -1.53. The van der Waals surface area contributed by atoms with Crippen molar-refractivity contribution in [2.24, 2.45) is 17.6 Å². The van der Waals surface area contributed by atoms with Crippen LogP contribution in [-0.4, -0.2) is 40.0 Å². The lowest BCUT2D eigenvalue weighted by atomic mass is 9.83. The number of hydrogen-bond donors (Lipinski definition) is 4. The first-order chi connectivity index (χ1) is 12.2. The Kier molecular flexibility index (Phi) is 7.12. The zero-order valence-corrected chi connectivity index (χ0v) is 16.1. The molecule has 148 valence electrons. The van der Waals surface area contributed by atoms with Gasteiger partial charge in [0, 0.05) is 18.7 Å². The molecular weight excluding hydrogens is 332 g/mol. The van der Waals surface area contributed by atoms with E-state index < -0.39 is 17.6 Å². The smallest absolute Gasteiger partial charge is 0.337 e. The van der Waals surface area contributed by atoms with Gasteiger partial charge in [-0.15, -0.1) is 0 Å². The zero-order valence-electron chi connectivity index (χ0n) is 16.1. The lowest BCUT2D eigenvalue weighted by molar-refractivity contribution is -0.162. The molecule has 0 spiro atoms. The van der Waals surface area contributed by atoms with Crippen molar-refractivity contribution in [1.82, 2.24) is 5.32 Å². The fourth-order valence-electron chi connectivity index (χ4n) is 3.73. The highest BCUT2D eigenvalue weighted by Gasteiger charge is 2.44. The average Bonchev–Trinajstić information content (AvgIpc) is 2.56. The molecular formula is C20H34N2O4. The van der Waals surface area contributed by atoms with Crippen LogP contribution >= 0.6 is 0 Å². The predicted octanol–water partition coefficient (Wildman–Crippen LogP) is 2.53. The van der Waals surface area contributed by atoms with Crippen LogP contribution in [0.25, 0.3) is 0 Å². The van der Waals surface area contributed by atoms with Gasteiger partial charge < -0.3 is 26.0 Å². The van der Waals surface area contributed by atoms with Gasteiger partial charge in [-0.25, -0.2) is 4.79 Å². The fraction of sp³-hybridized carbons (Fsp3) is 0.750. The van der Waals surface area contributed by atoms with Crippen molar-refractivity contribution in [3.8, 4) is 0 Å². The Bertz CT molecular complexity index is 538. The van der Waals surface area contributed by atoms with Crippen LogP contribution < -0.4 is 11.1 Å². The van der Waals surface area contributed by atoms with Crippen LogP contribution in [0.4, 0.5) is 0 Å². The second-order valence-corrected chi connectivity index (χ2v) is 8.34. The van der Waals surface area contributed by atoms with Gasteiger partial charge in [0.25, 0.3) is 0 Å². The Morgan fingerprint density at radius 3 is 2.62 bits per heavy atom. The Morgan fingerprint density at radius 2 is 2.04 bits per heavy atom. The molecule has 2 rings (SSSR count). The lowest BCUT2D eigenvalue weighted by Crippen LogP contribution is -2.57. The van der Waals surface area contributed by atoms with E-state index in [0.717, 1.165) is 24.5 Å². The molecule has 6 heteroatoms. The van der Waals surface area contributed by atoms with E-state index in [1.165, 1.54) is 12.8 Å². The molecule has 2 aliphatic rings. The Morgan fingerprint density at radius 1 is 1.38 bits per heavy atom. The summed E-state index contributed by atoms with van der Waals surface area (Å²) < 4.78 is 6.08. The third kappa shape index (κ3) is 5.48. The molecule has 0 aromatic carbocycles. The number of ether oxygens (including phenoxy) is 1. The van der Waals surface area contributed by atoms with Crippen LogP contribution in [0.3, 0.4) is 0 Å². The number of nitrogens with one attached hydrogen (secondary N) is 1. The number of rotatable bonds is 8. The lowest BCUT2D eigenvalue weighted by Gasteiger charge is -2.34. The summed E-state index contributed by atoms with van der Waals surface area (Å²) >= 11 is 0. The number of hydrogen-bond acceptors (Lipinski definition) is 5. The Balaban J connectivity index is 2.01. The second kappa shape index (κ2) is 8.91. The van der Waals surface area contributed by atoms with E-state index in [1.54, 1.807) is 6.20 Å². The maximum Gasteiger partial charge on any atom is 0.337 e.